The molecule has 0 radical (unpaired) electrons. The Kier molecular flexibility index (Phi) is 4.02. The predicted molar refractivity (Wildman–Crippen MR) is 66.9 cm³/mol. The van der Waals surface area contributed by atoms with Crippen molar-refractivity contribution in [2.24, 2.45) is 0 Å². The second-order valence-electron chi connectivity index (χ2n) is 5.65. The van der Waals surface area contributed by atoms with Crippen LogP contribution in [0.2, 0.25) is 0 Å². The number of imide groups is 1. The van der Waals surface area contributed by atoms with Crippen LogP contribution in [0.5, 0.6) is 0 Å². The van der Waals surface area contributed by atoms with Crippen molar-refractivity contribution < 1.29 is 14.7 Å². The Labute approximate surface area is 108 Å². The molecule has 102 valence electrons. The quantitative estimate of drug-likeness (QED) is 0.787. The van der Waals surface area contributed by atoms with Gasteiger partial charge in [0.05, 0.1) is 12.1 Å². The molecule has 0 unspecified atom stereocenters. The van der Waals surface area contributed by atoms with Crippen LogP contribution >= 0.6 is 0 Å². The minimum atomic E-state index is -0.635. The van der Waals surface area contributed by atoms with Gasteiger partial charge in [-0.05, 0) is 26.3 Å². The Bertz CT molecular complexity index is 337. The van der Waals surface area contributed by atoms with Crippen LogP contribution in [-0.2, 0) is 9.59 Å². The Morgan fingerprint density at radius 3 is 2.61 bits per heavy atom. The van der Waals surface area contributed by atoms with E-state index >= 15 is 0 Å². The third kappa shape index (κ3) is 3.09. The summed E-state index contributed by atoms with van der Waals surface area (Å²) in [5, 5.41) is 10.3. The summed E-state index contributed by atoms with van der Waals surface area (Å²) in [6.07, 6.45) is 5.01. The number of rotatable bonds is 4. The molecule has 0 atom stereocenters. The minimum Gasteiger partial charge on any atom is -0.389 e. The molecule has 2 fully saturated rings. The normalized spacial score (nSPS) is 23.1. The van der Waals surface area contributed by atoms with Gasteiger partial charge in [-0.25, -0.2) is 0 Å². The van der Waals surface area contributed by atoms with Crippen molar-refractivity contribution in [2.75, 3.05) is 26.7 Å². The summed E-state index contributed by atoms with van der Waals surface area (Å²) in [6.45, 7) is 1.28. The Morgan fingerprint density at radius 1 is 1.39 bits per heavy atom. The monoisotopic (exact) mass is 254 g/mol. The Morgan fingerprint density at radius 2 is 2.06 bits per heavy atom. The van der Waals surface area contributed by atoms with Gasteiger partial charge in [0.15, 0.2) is 0 Å². The number of amides is 2. The molecule has 2 rings (SSSR count). The molecule has 0 bridgehead atoms. The molecule has 1 aliphatic carbocycles. The van der Waals surface area contributed by atoms with Gasteiger partial charge < -0.3 is 5.11 Å². The highest BCUT2D eigenvalue weighted by Crippen LogP contribution is 2.29. The van der Waals surface area contributed by atoms with E-state index in [9.17, 15) is 14.7 Å². The number of carbonyl (C=O) groups excluding carboxylic acids is 2. The maximum atomic E-state index is 11.9. The first-order valence-corrected chi connectivity index (χ1v) is 6.74. The van der Waals surface area contributed by atoms with E-state index in [-0.39, 0.29) is 18.4 Å². The van der Waals surface area contributed by atoms with E-state index in [1.165, 1.54) is 4.90 Å². The van der Waals surface area contributed by atoms with Crippen molar-refractivity contribution in [1.29, 1.82) is 0 Å². The van der Waals surface area contributed by atoms with E-state index < -0.39 is 5.60 Å². The van der Waals surface area contributed by atoms with Crippen LogP contribution in [0.3, 0.4) is 0 Å². The Balaban J connectivity index is 1.81. The highest BCUT2D eigenvalue weighted by atomic mass is 16.3. The molecule has 1 heterocycles. The third-order valence-electron chi connectivity index (χ3n) is 3.88. The fourth-order valence-corrected chi connectivity index (χ4v) is 2.98. The van der Waals surface area contributed by atoms with Gasteiger partial charge in [-0.1, -0.05) is 12.8 Å². The van der Waals surface area contributed by atoms with E-state index in [2.05, 4.69) is 0 Å². The van der Waals surface area contributed by atoms with Gasteiger partial charge >= 0.3 is 0 Å². The number of likely N-dealkylation sites (N-methyl/N-ethyl adjacent to an activating group) is 1. The summed E-state index contributed by atoms with van der Waals surface area (Å²) in [7, 11) is 1.83. The maximum Gasteiger partial charge on any atom is 0.243 e. The molecule has 1 saturated heterocycles. The van der Waals surface area contributed by atoms with Crippen LogP contribution in [0.1, 0.15) is 38.5 Å². The minimum absolute atomic E-state index is 0.0621. The van der Waals surface area contributed by atoms with Crippen molar-refractivity contribution in [1.82, 2.24) is 9.80 Å². The molecule has 0 aromatic rings. The average molecular weight is 254 g/mol. The fraction of sp³-hybridized carbons (Fsp3) is 0.846. The van der Waals surface area contributed by atoms with E-state index in [0.29, 0.717) is 19.5 Å². The standard InChI is InChI=1S/C13H22N2O3/c1-14(10-13(18)6-2-3-7-13)9-12(17)15-8-4-5-11(15)16/h18H,2-10H2,1H3. The van der Waals surface area contributed by atoms with Gasteiger partial charge in [0.25, 0.3) is 0 Å². The number of carbonyl (C=O) groups is 2. The first-order valence-electron chi connectivity index (χ1n) is 6.74. The van der Waals surface area contributed by atoms with Crippen LogP contribution < -0.4 is 0 Å². The van der Waals surface area contributed by atoms with Crippen molar-refractivity contribution in [3.63, 3.8) is 0 Å². The number of likely N-dealkylation sites (tertiary alicyclic amines) is 1. The molecule has 1 N–H and O–H groups in total. The van der Waals surface area contributed by atoms with E-state index in [1.807, 2.05) is 11.9 Å². The lowest BCUT2D eigenvalue weighted by molar-refractivity contribution is -0.142. The number of hydrogen-bond donors (Lipinski definition) is 1. The topological polar surface area (TPSA) is 60.9 Å². The van der Waals surface area contributed by atoms with Gasteiger partial charge in [-0.2, -0.15) is 0 Å². The van der Waals surface area contributed by atoms with Gasteiger partial charge in [-0.3, -0.25) is 19.4 Å². The van der Waals surface area contributed by atoms with Gasteiger partial charge in [0.1, 0.15) is 0 Å². The van der Waals surface area contributed by atoms with Crippen molar-refractivity contribution >= 4 is 11.8 Å². The molecular weight excluding hydrogens is 232 g/mol. The zero-order valence-corrected chi connectivity index (χ0v) is 11.0. The summed E-state index contributed by atoms with van der Waals surface area (Å²) in [5.41, 5.74) is -0.635. The van der Waals surface area contributed by atoms with Crippen molar-refractivity contribution in [3.8, 4) is 0 Å². The molecule has 1 aliphatic heterocycles. The summed E-state index contributed by atoms with van der Waals surface area (Å²) < 4.78 is 0. The second-order valence-corrected chi connectivity index (χ2v) is 5.65. The van der Waals surface area contributed by atoms with E-state index in [1.54, 1.807) is 0 Å². The fourth-order valence-electron chi connectivity index (χ4n) is 2.98. The van der Waals surface area contributed by atoms with Crippen molar-refractivity contribution in [2.45, 2.75) is 44.1 Å². The first kappa shape index (κ1) is 13.5. The van der Waals surface area contributed by atoms with Crippen LogP contribution in [-0.4, -0.2) is 59.0 Å². The first-order chi connectivity index (χ1) is 8.50. The number of nitrogens with zero attached hydrogens (tertiary/aromatic N) is 2. The summed E-state index contributed by atoms with van der Waals surface area (Å²) in [6, 6.07) is 0. The smallest absolute Gasteiger partial charge is 0.243 e. The lowest BCUT2D eigenvalue weighted by Gasteiger charge is -2.29. The largest absolute Gasteiger partial charge is 0.389 e. The molecule has 5 heteroatoms. The molecule has 2 amide bonds. The summed E-state index contributed by atoms with van der Waals surface area (Å²) in [4.78, 5) is 26.5. The zero-order chi connectivity index (χ0) is 13.2. The molecule has 5 nitrogen and oxygen atoms in total. The van der Waals surface area contributed by atoms with Crippen molar-refractivity contribution in [3.05, 3.63) is 0 Å². The zero-order valence-electron chi connectivity index (χ0n) is 11.0. The number of aliphatic hydroxyl groups is 1. The van der Waals surface area contributed by atoms with Gasteiger partial charge in [-0.15, -0.1) is 0 Å². The van der Waals surface area contributed by atoms with E-state index in [0.717, 1.165) is 32.1 Å². The van der Waals surface area contributed by atoms with E-state index in [4.69, 9.17) is 0 Å². The van der Waals surface area contributed by atoms with Gasteiger partial charge in [0.2, 0.25) is 11.8 Å². The van der Waals surface area contributed by atoms with Crippen LogP contribution in [0, 0.1) is 0 Å². The van der Waals surface area contributed by atoms with Crippen LogP contribution in [0.15, 0.2) is 0 Å². The molecule has 18 heavy (non-hydrogen) atoms. The average Bonchev–Trinajstić information content (AvgIpc) is 2.87. The highest BCUT2D eigenvalue weighted by Gasteiger charge is 2.33. The SMILES string of the molecule is CN(CC(=O)N1CCCC1=O)CC1(O)CCCC1. The summed E-state index contributed by atoms with van der Waals surface area (Å²) >= 11 is 0. The molecule has 1 saturated carbocycles. The van der Waals surface area contributed by atoms with Crippen LogP contribution in [0.25, 0.3) is 0 Å². The lowest BCUT2D eigenvalue weighted by atomic mass is 10.0. The molecule has 0 aromatic carbocycles. The summed E-state index contributed by atoms with van der Waals surface area (Å²) in [5.74, 6) is -0.199. The molecule has 0 spiro atoms. The predicted octanol–water partition coefficient (Wildman–Crippen LogP) is 0.372. The van der Waals surface area contributed by atoms with Gasteiger partial charge in [0, 0.05) is 19.5 Å². The molecule has 0 aromatic heterocycles. The highest BCUT2D eigenvalue weighted by molar-refractivity contribution is 5.97. The molecule has 2 aliphatic rings. The number of hydrogen-bond acceptors (Lipinski definition) is 4. The maximum absolute atomic E-state index is 11.9. The van der Waals surface area contributed by atoms with Crippen LogP contribution in [0.4, 0.5) is 0 Å². The second kappa shape index (κ2) is 5.36. The Hall–Kier alpha value is -0.940. The third-order valence-corrected chi connectivity index (χ3v) is 3.88. The molecular formula is C13H22N2O3. The lowest BCUT2D eigenvalue weighted by Crippen LogP contribution is -2.45.